The van der Waals surface area contributed by atoms with Gasteiger partial charge in [-0.2, -0.15) is 0 Å². The van der Waals surface area contributed by atoms with E-state index >= 15 is 0 Å². The number of carbonyl (C=O) groups excluding carboxylic acids is 1. The number of carbonyl (C=O) groups is 1. The van der Waals surface area contributed by atoms with E-state index in [0.29, 0.717) is 25.1 Å². The zero-order chi connectivity index (χ0) is 18.9. The lowest BCUT2D eigenvalue weighted by atomic mass is 10.1. The number of benzene rings is 2. The highest BCUT2D eigenvalue weighted by Crippen LogP contribution is 2.36. The maximum Gasteiger partial charge on any atom is 0.264 e. The third-order valence-corrected chi connectivity index (χ3v) is 6.76. The van der Waals surface area contributed by atoms with Gasteiger partial charge in [0.2, 0.25) is 0 Å². The Balaban J connectivity index is 2.01. The van der Waals surface area contributed by atoms with Gasteiger partial charge in [-0.05, 0) is 57.0 Å². The van der Waals surface area contributed by atoms with E-state index in [-0.39, 0.29) is 16.8 Å². The van der Waals surface area contributed by atoms with Gasteiger partial charge in [0.05, 0.1) is 10.6 Å². The smallest absolute Gasteiger partial charge is 0.264 e. The molecule has 1 atom stereocenters. The van der Waals surface area contributed by atoms with Gasteiger partial charge in [-0.15, -0.1) is 0 Å². The van der Waals surface area contributed by atoms with Crippen LogP contribution in [0, 0.1) is 0 Å². The molecule has 0 aromatic heterocycles. The highest BCUT2D eigenvalue weighted by molar-refractivity contribution is 7.92. The van der Waals surface area contributed by atoms with E-state index in [2.05, 4.69) is 0 Å². The average molecular weight is 372 g/mol. The summed E-state index contributed by atoms with van der Waals surface area (Å²) in [7, 11) is -3.73. The minimum absolute atomic E-state index is 0.151. The molecule has 2 aromatic carbocycles. The fraction of sp³-hybridized carbons (Fsp3) is 0.350. The molecule has 0 bridgehead atoms. The standard InChI is InChI=1S/C20H24N2O3S/c1-4-21(5-2)20(23)17-10-8-11-18(14-17)26(24,25)22-15(3)13-16-9-6-7-12-19(16)22/h6-12,14-15H,4-5,13H2,1-3H3. The van der Waals surface area contributed by atoms with Crippen LogP contribution in [0.25, 0.3) is 0 Å². The number of fused-ring (bicyclic) bond motifs is 1. The lowest BCUT2D eigenvalue weighted by Crippen LogP contribution is -2.36. The van der Waals surface area contributed by atoms with Gasteiger partial charge in [0.15, 0.2) is 0 Å². The van der Waals surface area contributed by atoms with Crippen molar-refractivity contribution in [2.24, 2.45) is 0 Å². The maximum absolute atomic E-state index is 13.3. The maximum atomic E-state index is 13.3. The van der Waals surface area contributed by atoms with Gasteiger partial charge < -0.3 is 4.90 Å². The van der Waals surface area contributed by atoms with E-state index in [1.807, 2.05) is 45.0 Å². The Hall–Kier alpha value is -2.34. The molecule has 6 heteroatoms. The van der Waals surface area contributed by atoms with Crippen molar-refractivity contribution >= 4 is 21.6 Å². The second-order valence-electron chi connectivity index (χ2n) is 6.49. The van der Waals surface area contributed by atoms with E-state index in [1.165, 1.54) is 10.4 Å². The van der Waals surface area contributed by atoms with Crippen LogP contribution in [-0.4, -0.2) is 38.4 Å². The number of hydrogen-bond acceptors (Lipinski definition) is 3. The minimum Gasteiger partial charge on any atom is -0.339 e. The molecular weight excluding hydrogens is 348 g/mol. The van der Waals surface area contributed by atoms with Gasteiger partial charge in [-0.25, -0.2) is 8.42 Å². The molecule has 0 fully saturated rings. The first-order valence-corrected chi connectivity index (χ1v) is 10.4. The molecule has 0 saturated heterocycles. The molecule has 0 spiro atoms. The summed E-state index contributed by atoms with van der Waals surface area (Å²) in [5.74, 6) is -0.151. The molecule has 5 nitrogen and oxygen atoms in total. The molecule has 0 N–H and O–H groups in total. The molecule has 138 valence electrons. The van der Waals surface area contributed by atoms with Gasteiger partial charge in [-0.1, -0.05) is 24.3 Å². The summed E-state index contributed by atoms with van der Waals surface area (Å²) in [5.41, 5.74) is 2.15. The van der Waals surface area contributed by atoms with Crippen LogP contribution in [0.1, 0.15) is 36.7 Å². The highest BCUT2D eigenvalue weighted by Gasteiger charge is 2.36. The van der Waals surface area contributed by atoms with Gasteiger partial charge >= 0.3 is 0 Å². The second kappa shape index (κ2) is 7.11. The fourth-order valence-corrected chi connectivity index (χ4v) is 5.24. The van der Waals surface area contributed by atoms with Gasteiger partial charge in [0, 0.05) is 24.7 Å². The largest absolute Gasteiger partial charge is 0.339 e. The predicted molar refractivity (Wildman–Crippen MR) is 103 cm³/mol. The van der Waals surface area contributed by atoms with Crippen molar-refractivity contribution in [3.63, 3.8) is 0 Å². The third kappa shape index (κ3) is 3.09. The van der Waals surface area contributed by atoms with Crippen molar-refractivity contribution in [1.29, 1.82) is 0 Å². The van der Waals surface area contributed by atoms with Gasteiger partial charge in [-0.3, -0.25) is 9.10 Å². The van der Waals surface area contributed by atoms with E-state index in [4.69, 9.17) is 0 Å². The topological polar surface area (TPSA) is 57.7 Å². The van der Waals surface area contributed by atoms with Gasteiger partial charge in [0.1, 0.15) is 0 Å². The van der Waals surface area contributed by atoms with E-state index in [1.54, 1.807) is 23.1 Å². The molecule has 0 aliphatic carbocycles. The summed E-state index contributed by atoms with van der Waals surface area (Å²) in [6.07, 6.45) is 0.688. The van der Waals surface area contributed by atoms with Crippen molar-refractivity contribution in [3.05, 3.63) is 59.7 Å². The molecule has 1 aliphatic heterocycles. The first-order chi connectivity index (χ1) is 12.4. The number of amides is 1. The van der Waals surface area contributed by atoms with Gasteiger partial charge in [0.25, 0.3) is 15.9 Å². The molecule has 1 heterocycles. The summed E-state index contributed by atoms with van der Waals surface area (Å²) in [5, 5.41) is 0. The molecule has 26 heavy (non-hydrogen) atoms. The number of hydrogen-bond donors (Lipinski definition) is 0. The molecule has 1 unspecified atom stereocenters. The molecule has 1 amide bonds. The highest BCUT2D eigenvalue weighted by atomic mass is 32.2. The summed E-state index contributed by atoms with van der Waals surface area (Å²) in [4.78, 5) is 14.4. The first kappa shape index (κ1) is 18.5. The predicted octanol–water partition coefficient (Wildman–Crippen LogP) is 3.31. The van der Waals surface area contributed by atoms with Crippen molar-refractivity contribution in [2.45, 2.75) is 38.1 Å². The molecule has 0 saturated carbocycles. The Kier molecular flexibility index (Phi) is 5.05. The van der Waals surface area contributed by atoms with Crippen LogP contribution < -0.4 is 4.31 Å². The Morgan fingerprint density at radius 1 is 1.12 bits per heavy atom. The van der Waals surface area contributed by atoms with E-state index in [0.717, 1.165) is 11.3 Å². The zero-order valence-corrected chi connectivity index (χ0v) is 16.2. The molecule has 1 aliphatic rings. The number of nitrogens with zero attached hydrogens (tertiary/aromatic N) is 2. The van der Waals surface area contributed by atoms with Crippen molar-refractivity contribution in [3.8, 4) is 0 Å². The van der Waals surface area contributed by atoms with Crippen LogP contribution >= 0.6 is 0 Å². The Morgan fingerprint density at radius 2 is 1.81 bits per heavy atom. The van der Waals surface area contributed by atoms with Crippen molar-refractivity contribution < 1.29 is 13.2 Å². The summed E-state index contributed by atoms with van der Waals surface area (Å²) < 4.78 is 28.1. The van der Waals surface area contributed by atoms with Crippen molar-refractivity contribution in [2.75, 3.05) is 17.4 Å². The van der Waals surface area contributed by atoms with E-state index < -0.39 is 10.0 Å². The lowest BCUT2D eigenvalue weighted by Gasteiger charge is -2.25. The van der Waals surface area contributed by atoms with Crippen LogP contribution in [0.3, 0.4) is 0 Å². The quantitative estimate of drug-likeness (QED) is 0.809. The van der Waals surface area contributed by atoms with Crippen molar-refractivity contribution in [1.82, 2.24) is 4.90 Å². The summed E-state index contributed by atoms with van der Waals surface area (Å²) in [6, 6.07) is 13.8. The molecule has 2 aromatic rings. The molecule has 0 radical (unpaired) electrons. The summed E-state index contributed by atoms with van der Waals surface area (Å²) >= 11 is 0. The van der Waals surface area contributed by atoms with Crippen LogP contribution in [-0.2, 0) is 16.4 Å². The third-order valence-electron chi connectivity index (χ3n) is 4.83. The first-order valence-electron chi connectivity index (χ1n) is 8.91. The minimum atomic E-state index is -3.73. The molecule has 3 rings (SSSR count). The Labute approximate surface area is 155 Å². The Bertz CT molecular complexity index is 920. The SMILES string of the molecule is CCN(CC)C(=O)c1cccc(S(=O)(=O)N2c3ccccc3CC2C)c1. The molecular formula is C20H24N2O3S. The van der Waals surface area contributed by atoms with Crippen LogP contribution in [0.5, 0.6) is 0 Å². The number of para-hydroxylation sites is 1. The van der Waals surface area contributed by atoms with Crippen LogP contribution in [0.2, 0.25) is 0 Å². The normalized spacial score (nSPS) is 16.4. The lowest BCUT2D eigenvalue weighted by molar-refractivity contribution is 0.0772. The van der Waals surface area contributed by atoms with Crippen LogP contribution in [0.15, 0.2) is 53.4 Å². The number of anilines is 1. The average Bonchev–Trinajstić information content (AvgIpc) is 2.99. The monoisotopic (exact) mass is 372 g/mol. The number of rotatable bonds is 5. The Morgan fingerprint density at radius 3 is 2.50 bits per heavy atom. The second-order valence-corrected chi connectivity index (χ2v) is 8.30. The zero-order valence-electron chi connectivity index (χ0n) is 15.3. The fourth-order valence-electron chi connectivity index (χ4n) is 3.50. The van der Waals surface area contributed by atoms with E-state index in [9.17, 15) is 13.2 Å². The summed E-state index contributed by atoms with van der Waals surface area (Å²) in [6.45, 7) is 6.89. The van der Waals surface area contributed by atoms with Crippen LogP contribution in [0.4, 0.5) is 5.69 Å². The number of sulfonamides is 1.